The van der Waals surface area contributed by atoms with Crippen LogP contribution in [0.1, 0.15) is 43.5 Å². The van der Waals surface area contributed by atoms with Gasteiger partial charge >= 0.3 is 0 Å². The van der Waals surface area contributed by atoms with Gasteiger partial charge in [0, 0.05) is 17.8 Å². The van der Waals surface area contributed by atoms with Gasteiger partial charge in [0.05, 0.1) is 18.2 Å². The summed E-state index contributed by atoms with van der Waals surface area (Å²) in [5.74, 6) is 0. The lowest BCUT2D eigenvalue weighted by atomic mass is 9.97. The van der Waals surface area contributed by atoms with Gasteiger partial charge in [-0.25, -0.2) is 4.98 Å². The standard InChI is InChI=1S/C16H21N3/c1-12-6-3-4-9-15(12)19-11-17-10-16(19)14-8-5-7-13(2)18-14/h3-4,6,9-11,13-14,18H,5,7-8H2,1-2H3. The quantitative estimate of drug-likeness (QED) is 0.891. The molecule has 1 fully saturated rings. The van der Waals surface area contributed by atoms with E-state index in [9.17, 15) is 0 Å². The van der Waals surface area contributed by atoms with Gasteiger partial charge in [0.1, 0.15) is 0 Å². The van der Waals surface area contributed by atoms with Gasteiger partial charge in [-0.05, 0) is 44.7 Å². The van der Waals surface area contributed by atoms with E-state index in [0.29, 0.717) is 12.1 Å². The summed E-state index contributed by atoms with van der Waals surface area (Å²) in [5, 5.41) is 3.69. The summed E-state index contributed by atoms with van der Waals surface area (Å²) < 4.78 is 2.23. The summed E-state index contributed by atoms with van der Waals surface area (Å²) in [6.07, 6.45) is 7.69. The van der Waals surface area contributed by atoms with E-state index in [1.54, 1.807) is 0 Å². The van der Waals surface area contributed by atoms with E-state index in [1.165, 1.54) is 36.2 Å². The van der Waals surface area contributed by atoms with Crippen molar-refractivity contribution in [2.24, 2.45) is 0 Å². The lowest BCUT2D eigenvalue weighted by molar-refractivity contribution is 0.334. The Balaban J connectivity index is 1.96. The molecule has 0 saturated carbocycles. The molecule has 2 aromatic rings. The maximum atomic E-state index is 4.36. The normalized spacial score (nSPS) is 23.5. The number of hydrogen-bond donors (Lipinski definition) is 1. The van der Waals surface area contributed by atoms with Gasteiger partial charge in [0.25, 0.3) is 0 Å². The number of imidazole rings is 1. The molecule has 1 aliphatic heterocycles. The highest BCUT2D eigenvalue weighted by atomic mass is 15.1. The number of aryl methyl sites for hydroxylation is 1. The Labute approximate surface area is 114 Å². The Hall–Kier alpha value is -1.61. The summed E-state index contributed by atoms with van der Waals surface area (Å²) in [5.41, 5.74) is 3.79. The van der Waals surface area contributed by atoms with E-state index < -0.39 is 0 Å². The Morgan fingerprint density at radius 2 is 2.11 bits per heavy atom. The van der Waals surface area contributed by atoms with Gasteiger partial charge in [-0.15, -0.1) is 0 Å². The zero-order chi connectivity index (χ0) is 13.2. The predicted octanol–water partition coefficient (Wildman–Crippen LogP) is 3.38. The number of hydrogen-bond acceptors (Lipinski definition) is 2. The Morgan fingerprint density at radius 1 is 1.26 bits per heavy atom. The van der Waals surface area contributed by atoms with Gasteiger partial charge < -0.3 is 9.88 Å². The molecule has 0 amide bonds. The largest absolute Gasteiger partial charge is 0.306 e. The molecule has 2 atom stereocenters. The fourth-order valence-electron chi connectivity index (χ4n) is 2.97. The van der Waals surface area contributed by atoms with Crippen molar-refractivity contribution in [3.8, 4) is 5.69 Å². The van der Waals surface area contributed by atoms with Gasteiger partial charge in [-0.2, -0.15) is 0 Å². The summed E-state index contributed by atoms with van der Waals surface area (Å²) in [4.78, 5) is 4.36. The van der Waals surface area contributed by atoms with Gasteiger partial charge in [0.15, 0.2) is 0 Å². The van der Waals surface area contributed by atoms with E-state index >= 15 is 0 Å². The minimum atomic E-state index is 0.422. The number of nitrogens with zero attached hydrogens (tertiary/aromatic N) is 2. The minimum absolute atomic E-state index is 0.422. The lowest BCUT2D eigenvalue weighted by Crippen LogP contribution is -2.35. The topological polar surface area (TPSA) is 29.9 Å². The molecule has 2 heterocycles. The van der Waals surface area contributed by atoms with Crippen LogP contribution >= 0.6 is 0 Å². The van der Waals surface area contributed by atoms with Gasteiger partial charge in [0.2, 0.25) is 0 Å². The van der Waals surface area contributed by atoms with Crippen molar-refractivity contribution in [3.05, 3.63) is 48.0 Å². The average molecular weight is 255 g/mol. The molecule has 2 unspecified atom stereocenters. The molecule has 19 heavy (non-hydrogen) atoms. The maximum Gasteiger partial charge on any atom is 0.0994 e. The minimum Gasteiger partial charge on any atom is -0.306 e. The zero-order valence-electron chi connectivity index (χ0n) is 11.6. The molecule has 0 aliphatic carbocycles. The molecule has 1 aromatic heterocycles. The molecule has 1 N–H and O–H groups in total. The van der Waals surface area contributed by atoms with Crippen molar-refractivity contribution in [2.45, 2.75) is 45.2 Å². The van der Waals surface area contributed by atoms with Crippen LogP contribution in [0.2, 0.25) is 0 Å². The van der Waals surface area contributed by atoms with Crippen LogP contribution in [-0.4, -0.2) is 15.6 Å². The third-order valence-electron chi connectivity index (χ3n) is 4.01. The highest BCUT2D eigenvalue weighted by Crippen LogP contribution is 2.27. The van der Waals surface area contributed by atoms with Crippen molar-refractivity contribution in [3.63, 3.8) is 0 Å². The molecule has 3 heteroatoms. The first-order chi connectivity index (χ1) is 9.25. The van der Waals surface area contributed by atoms with E-state index in [-0.39, 0.29) is 0 Å². The first kappa shape index (κ1) is 12.4. The van der Waals surface area contributed by atoms with Crippen molar-refractivity contribution in [1.82, 2.24) is 14.9 Å². The summed E-state index contributed by atoms with van der Waals surface area (Å²) in [6.45, 7) is 4.41. The zero-order valence-corrected chi connectivity index (χ0v) is 11.6. The molecule has 1 aromatic carbocycles. The molecule has 0 radical (unpaired) electrons. The lowest BCUT2D eigenvalue weighted by Gasteiger charge is -2.29. The smallest absolute Gasteiger partial charge is 0.0994 e. The first-order valence-electron chi connectivity index (χ1n) is 7.10. The van der Waals surface area contributed by atoms with Crippen LogP contribution in [-0.2, 0) is 0 Å². The average Bonchev–Trinajstić information content (AvgIpc) is 2.88. The Morgan fingerprint density at radius 3 is 2.89 bits per heavy atom. The number of para-hydroxylation sites is 1. The van der Waals surface area contributed by atoms with Crippen molar-refractivity contribution >= 4 is 0 Å². The first-order valence-corrected chi connectivity index (χ1v) is 7.10. The Kier molecular flexibility index (Phi) is 3.38. The number of aromatic nitrogens is 2. The van der Waals surface area contributed by atoms with Gasteiger partial charge in [-0.1, -0.05) is 18.2 Å². The second-order valence-electron chi connectivity index (χ2n) is 5.53. The molecular weight excluding hydrogens is 234 g/mol. The van der Waals surface area contributed by atoms with Crippen LogP contribution in [0.3, 0.4) is 0 Å². The summed E-state index contributed by atoms with van der Waals surface area (Å²) >= 11 is 0. The van der Waals surface area contributed by atoms with Crippen LogP contribution in [0.4, 0.5) is 0 Å². The molecule has 3 nitrogen and oxygen atoms in total. The van der Waals surface area contributed by atoms with E-state index in [1.807, 2.05) is 12.5 Å². The fourth-order valence-corrected chi connectivity index (χ4v) is 2.97. The maximum absolute atomic E-state index is 4.36. The fraction of sp³-hybridized carbons (Fsp3) is 0.438. The van der Waals surface area contributed by atoms with E-state index in [2.05, 4.69) is 53.0 Å². The molecule has 1 aliphatic rings. The van der Waals surface area contributed by atoms with Crippen molar-refractivity contribution in [1.29, 1.82) is 0 Å². The highest BCUT2D eigenvalue weighted by Gasteiger charge is 2.22. The van der Waals surface area contributed by atoms with Crippen LogP contribution in [0.15, 0.2) is 36.8 Å². The summed E-state index contributed by atoms with van der Waals surface area (Å²) in [7, 11) is 0. The number of rotatable bonds is 2. The molecule has 0 spiro atoms. The molecule has 0 bridgehead atoms. The van der Waals surface area contributed by atoms with E-state index in [0.717, 1.165) is 0 Å². The number of nitrogens with one attached hydrogen (secondary N) is 1. The third kappa shape index (κ3) is 2.43. The number of benzene rings is 1. The van der Waals surface area contributed by atoms with Crippen LogP contribution < -0.4 is 5.32 Å². The molecule has 1 saturated heterocycles. The second-order valence-corrected chi connectivity index (χ2v) is 5.53. The number of piperidine rings is 1. The summed E-state index contributed by atoms with van der Waals surface area (Å²) in [6, 6.07) is 9.49. The van der Waals surface area contributed by atoms with Crippen molar-refractivity contribution < 1.29 is 0 Å². The van der Waals surface area contributed by atoms with Crippen molar-refractivity contribution in [2.75, 3.05) is 0 Å². The second kappa shape index (κ2) is 5.17. The Bertz CT molecular complexity index is 559. The molecule has 100 valence electrons. The van der Waals surface area contributed by atoms with Crippen LogP contribution in [0, 0.1) is 6.92 Å². The van der Waals surface area contributed by atoms with Crippen LogP contribution in [0.5, 0.6) is 0 Å². The SMILES string of the molecule is Cc1ccccc1-n1cncc1C1CCCC(C)N1. The molecular formula is C16H21N3. The van der Waals surface area contributed by atoms with Crippen LogP contribution in [0.25, 0.3) is 5.69 Å². The third-order valence-corrected chi connectivity index (χ3v) is 4.01. The van der Waals surface area contributed by atoms with Gasteiger partial charge in [-0.3, -0.25) is 0 Å². The van der Waals surface area contributed by atoms with E-state index in [4.69, 9.17) is 0 Å². The monoisotopic (exact) mass is 255 g/mol. The molecule has 3 rings (SSSR count). The predicted molar refractivity (Wildman–Crippen MR) is 77.5 cm³/mol. The highest BCUT2D eigenvalue weighted by molar-refractivity contribution is 5.41.